The fourth-order valence-electron chi connectivity index (χ4n) is 9.53. The van der Waals surface area contributed by atoms with E-state index in [2.05, 4.69) is 170 Å². The zero-order valence-electron chi connectivity index (χ0n) is 31.1. The van der Waals surface area contributed by atoms with E-state index in [-0.39, 0.29) is 10.8 Å². The molecular formula is C50H40N4. The molecule has 0 saturated carbocycles. The number of hydrogen-bond donors (Lipinski definition) is 0. The SMILES string of the molecule is CC1(C)CCC(C)(C)c2c1ccc1c3cc4c(cc3n(-c3ccccc3)c21)c1c2ccccc2ccc1n4-c1nc2ccccc2nc1-c1ccccc1. The zero-order chi connectivity index (χ0) is 36.3. The molecule has 7 aromatic carbocycles. The lowest BCUT2D eigenvalue weighted by atomic mass is 9.62. The van der Waals surface area contributed by atoms with Crippen LogP contribution in [0.4, 0.5) is 0 Å². The van der Waals surface area contributed by atoms with Gasteiger partial charge in [-0.2, -0.15) is 0 Å². The molecule has 0 amide bonds. The molecule has 3 heterocycles. The van der Waals surface area contributed by atoms with Crippen LogP contribution in [-0.2, 0) is 10.8 Å². The molecule has 0 saturated heterocycles. The average molecular weight is 697 g/mol. The smallest absolute Gasteiger partial charge is 0.165 e. The van der Waals surface area contributed by atoms with Crippen LogP contribution < -0.4 is 0 Å². The van der Waals surface area contributed by atoms with Crippen LogP contribution in [0.2, 0.25) is 0 Å². The summed E-state index contributed by atoms with van der Waals surface area (Å²) in [5.41, 5.74) is 12.7. The van der Waals surface area contributed by atoms with Crippen LogP contribution in [0.25, 0.3) is 88.2 Å². The second kappa shape index (κ2) is 11.1. The van der Waals surface area contributed by atoms with Gasteiger partial charge in [-0.1, -0.05) is 131 Å². The number of hydrogen-bond acceptors (Lipinski definition) is 2. The molecule has 4 nitrogen and oxygen atoms in total. The van der Waals surface area contributed by atoms with Gasteiger partial charge in [0.2, 0.25) is 0 Å². The fraction of sp³-hybridized carbons (Fsp3) is 0.160. The van der Waals surface area contributed by atoms with Crippen LogP contribution >= 0.6 is 0 Å². The molecule has 0 fully saturated rings. The van der Waals surface area contributed by atoms with Gasteiger partial charge in [0.1, 0.15) is 5.69 Å². The minimum Gasteiger partial charge on any atom is -0.309 e. The van der Waals surface area contributed by atoms with Crippen molar-refractivity contribution in [1.29, 1.82) is 0 Å². The van der Waals surface area contributed by atoms with Gasteiger partial charge in [0.25, 0.3) is 0 Å². The Hall–Kier alpha value is -6.26. The maximum Gasteiger partial charge on any atom is 0.165 e. The van der Waals surface area contributed by atoms with Gasteiger partial charge >= 0.3 is 0 Å². The molecule has 0 bridgehead atoms. The summed E-state index contributed by atoms with van der Waals surface area (Å²) in [7, 11) is 0. The van der Waals surface area contributed by atoms with Gasteiger partial charge in [-0.3, -0.25) is 4.57 Å². The summed E-state index contributed by atoms with van der Waals surface area (Å²) in [6.07, 6.45) is 2.32. The van der Waals surface area contributed by atoms with Crippen LogP contribution in [0.5, 0.6) is 0 Å². The van der Waals surface area contributed by atoms with E-state index in [1.165, 1.54) is 66.6 Å². The summed E-state index contributed by atoms with van der Waals surface area (Å²) in [5, 5.41) is 7.42. The third-order valence-electron chi connectivity index (χ3n) is 12.3. The van der Waals surface area contributed by atoms with E-state index in [1.54, 1.807) is 0 Å². The van der Waals surface area contributed by atoms with Crippen molar-refractivity contribution in [3.05, 3.63) is 157 Å². The minimum atomic E-state index is 0.0219. The lowest BCUT2D eigenvalue weighted by Crippen LogP contribution is -2.34. The van der Waals surface area contributed by atoms with Gasteiger partial charge in [-0.25, -0.2) is 9.97 Å². The summed E-state index contributed by atoms with van der Waals surface area (Å²) in [6.45, 7) is 9.74. The van der Waals surface area contributed by atoms with Crippen LogP contribution in [-0.4, -0.2) is 19.1 Å². The Labute approximate surface area is 314 Å². The molecule has 0 radical (unpaired) electrons. The first-order valence-corrected chi connectivity index (χ1v) is 19.1. The number of nitrogens with zero attached hydrogens (tertiary/aromatic N) is 4. The van der Waals surface area contributed by atoms with Crippen LogP contribution in [0, 0.1) is 0 Å². The quantitative estimate of drug-likeness (QED) is 0.184. The van der Waals surface area contributed by atoms with Crippen LogP contribution in [0.15, 0.2) is 146 Å². The van der Waals surface area contributed by atoms with E-state index in [0.29, 0.717) is 0 Å². The highest BCUT2D eigenvalue weighted by Crippen LogP contribution is 2.51. The number of rotatable bonds is 3. The molecule has 0 unspecified atom stereocenters. The number of benzene rings is 7. The first-order chi connectivity index (χ1) is 26.3. The Morgan fingerprint density at radius 3 is 1.94 bits per heavy atom. The van der Waals surface area contributed by atoms with Gasteiger partial charge in [0.15, 0.2) is 5.82 Å². The summed E-state index contributed by atoms with van der Waals surface area (Å²) >= 11 is 0. The monoisotopic (exact) mass is 696 g/mol. The molecule has 54 heavy (non-hydrogen) atoms. The molecule has 4 heteroatoms. The lowest BCUT2D eigenvalue weighted by Gasteiger charge is -2.42. The Morgan fingerprint density at radius 1 is 0.500 bits per heavy atom. The van der Waals surface area contributed by atoms with Crippen LogP contribution in [0.3, 0.4) is 0 Å². The van der Waals surface area contributed by atoms with Crippen molar-refractivity contribution in [3.63, 3.8) is 0 Å². The molecular weight excluding hydrogens is 657 g/mol. The van der Waals surface area contributed by atoms with Gasteiger partial charge in [0, 0.05) is 32.8 Å². The van der Waals surface area contributed by atoms with Crippen molar-refractivity contribution in [2.45, 2.75) is 51.4 Å². The largest absolute Gasteiger partial charge is 0.309 e. The topological polar surface area (TPSA) is 35.6 Å². The van der Waals surface area contributed by atoms with E-state index in [9.17, 15) is 0 Å². The summed E-state index contributed by atoms with van der Waals surface area (Å²) in [6, 6.07) is 52.8. The van der Waals surface area contributed by atoms with Crippen molar-refractivity contribution in [1.82, 2.24) is 19.1 Å². The van der Waals surface area contributed by atoms with Crippen molar-refractivity contribution in [2.75, 3.05) is 0 Å². The molecule has 1 aliphatic rings. The molecule has 0 spiro atoms. The number of aromatic nitrogens is 4. The van der Waals surface area contributed by atoms with Crippen LogP contribution in [0.1, 0.15) is 51.7 Å². The molecule has 10 aromatic rings. The molecule has 0 N–H and O–H groups in total. The normalized spacial score (nSPS) is 15.2. The van der Waals surface area contributed by atoms with Gasteiger partial charge in [-0.05, 0) is 88.0 Å². The van der Waals surface area contributed by atoms with Gasteiger partial charge in [0.05, 0.1) is 33.1 Å². The fourth-order valence-corrected chi connectivity index (χ4v) is 9.53. The summed E-state index contributed by atoms with van der Waals surface area (Å²) < 4.78 is 4.95. The maximum absolute atomic E-state index is 5.46. The highest BCUT2D eigenvalue weighted by Gasteiger charge is 2.39. The van der Waals surface area contributed by atoms with E-state index in [1.807, 2.05) is 12.1 Å². The number of fused-ring (bicyclic) bond motifs is 11. The lowest BCUT2D eigenvalue weighted by molar-refractivity contribution is 0.334. The van der Waals surface area contributed by atoms with E-state index >= 15 is 0 Å². The third kappa shape index (κ3) is 4.37. The first-order valence-electron chi connectivity index (χ1n) is 19.1. The molecule has 1 aliphatic carbocycles. The van der Waals surface area contributed by atoms with Gasteiger partial charge in [-0.15, -0.1) is 0 Å². The molecule has 11 rings (SSSR count). The first kappa shape index (κ1) is 31.3. The van der Waals surface area contributed by atoms with Crippen molar-refractivity contribution in [2.24, 2.45) is 0 Å². The Morgan fingerprint density at radius 2 is 1.15 bits per heavy atom. The Bertz CT molecular complexity index is 3150. The number of para-hydroxylation sites is 3. The molecule has 0 atom stereocenters. The van der Waals surface area contributed by atoms with Crippen molar-refractivity contribution >= 4 is 65.4 Å². The summed E-state index contributed by atoms with van der Waals surface area (Å²) in [5.74, 6) is 0.835. The van der Waals surface area contributed by atoms with Gasteiger partial charge < -0.3 is 4.57 Å². The van der Waals surface area contributed by atoms with Crippen molar-refractivity contribution in [3.8, 4) is 22.8 Å². The van der Waals surface area contributed by atoms with E-state index in [4.69, 9.17) is 9.97 Å². The second-order valence-electron chi connectivity index (χ2n) is 16.5. The van der Waals surface area contributed by atoms with E-state index in [0.717, 1.165) is 45.6 Å². The van der Waals surface area contributed by atoms with E-state index < -0.39 is 0 Å². The third-order valence-corrected chi connectivity index (χ3v) is 12.3. The molecule has 3 aromatic heterocycles. The maximum atomic E-state index is 5.46. The Balaban J connectivity index is 1.37. The molecule has 260 valence electrons. The predicted molar refractivity (Wildman–Crippen MR) is 226 cm³/mol. The molecule has 0 aliphatic heterocycles. The standard InChI is InChI=1S/C50H40N4/c1-49(2)27-28-50(3,4)45-38(49)25-24-35-36-29-43-37(30-42(36)53(47(35)45)33-18-9-6-10-19-33)44-34-20-12-11-15-31(34)23-26-41(44)54(43)48-46(32-16-7-5-8-17-32)51-39-21-13-14-22-40(39)52-48/h5-26,29-30H,27-28H2,1-4H3. The summed E-state index contributed by atoms with van der Waals surface area (Å²) in [4.78, 5) is 10.8. The Kier molecular flexibility index (Phi) is 6.45. The highest BCUT2D eigenvalue weighted by molar-refractivity contribution is 6.25. The second-order valence-corrected chi connectivity index (χ2v) is 16.5. The average Bonchev–Trinajstić information content (AvgIpc) is 3.70. The highest BCUT2D eigenvalue weighted by atomic mass is 15.1. The zero-order valence-corrected chi connectivity index (χ0v) is 31.1. The minimum absolute atomic E-state index is 0.0219. The van der Waals surface area contributed by atoms with Crippen molar-refractivity contribution < 1.29 is 0 Å². The predicted octanol–water partition coefficient (Wildman–Crippen LogP) is 13.0.